The van der Waals surface area contributed by atoms with Crippen molar-refractivity contribution >= 4 is 28.2 Å². The first-order valence-electron chi connectivity index (χ1n) is 11.3. The van der Waals surface area contributed by atoms with Crippen LogP contribution in [-0.2, 0) is 4.74 Å². The third-order valence-corrected chi connectivity index (χ3v) is 6.15. The van der Waals surface area contributed by atoms with Crippen LogP contribution in [0.1, 0.15) is 31.5 Å². The molecule has 0 amide bonds. The van der Waals surface area contributed by atoms with Crippen molar-refractivity contribution in [3.8, 4) is 5.75 Å². The van der Waals surface area contributed by atoms with Crippen molar-refractivity contribution in [3.05, 3.63) is 36.5 Å². The number of nitrogen functional groups attached to an aromatic ring is 1. The maximum Gasteiger partial charge on any atom is 0.153 e. The molecule has 32 heavy (non-hydrogen) atoms. The quantitative estimate of drug-likeness (QED) is 0.625. The summed E-state index contributed by atoms with van der Waals surface area (Å²) >= 11 is 0. The Balaban J connectivity index is 1.28. The second-order valence-corrected chi connectivity index (χ2v) is 8.42. The Morgan fingerprint density at radius 3 is 2.66 bits per heavy atom. The number of nitrogens with zero attached hydrogens (tertiary/aromatic N) is 5. The van der Waals surface area contributed by atoms with Gasteiger partial charge in [-0.2, -0.15) is 0 Å². The number of hydrogen-bond acceptors (Lipinski definition) is 9. The number of fused-ring (bicyclic) bond motifs is 1. The van der Waals surface area contributed by atoms with Gasteiger partial charge in [-0.3, -0.25) is 4.98 Å². The highest BCUT2D eigenvalue weighted by molar-refractivity contribution is 5.85. The molecule has 1 aliphatic heterocycles. The van der Waals surface area contributed by atoms with Gasteiger partial charge in [-0.15, -0.1) is 0 Å². The Labute approximate surface area is 187 Å². The van der Waals surface area contributed by atoms with E-state index >= 15 is 0 Å². The average molecular weight is 436 g/mol. The monoisotopic (exact) mass is 435 g/mol. The maximum atomic E-state index is 6.50. The molecule has 9 heteroatoms. The third-order valence-electron chi connectivity index (χ3n) is 6.15. The Morgan fingerprint density at radius 1 is 1.06 bits per heavy atom. The van der Waals surface area contributed by atoms with Crippen molar-refractivity contribution in [2.45, 2.75) is 44.8 Å². The van der Waals surface area contributed by atoms with E-state index in [-0.39, 0.29) is 6.10 Å². The number of aromatic nitrogens is 4. The molecule has 2 aliphatic rings. The summed E-state index contributed by atoms with van der Waals surface area (Å²) in [6, 6.07) is 4.52. The van der Waals surface area contributed by atoms with Crippen molar-refractivity contribution in [2.75, 3.05) is 42.3 Å². The highest BCUT2D eigenvalue weighted by atomic mass is 16.5. The number of anilines is 3. The van der Waals surface area contributed by atoms with Crippen LogP contribution in [0.15, 0.2) is 30.7 Å². The predicted molar refractivity (Wildman–Crippen MR) is 124 cm³/mol. The lowest BCUT2D eigenvalue weighted by Gasteiger charge is -2.31. The van der Waals surface area contributed by atoms with E-state index in [2.05, 4.69) is 42.3 Å². The zero-order valence-electron chi connectivity index (χ0n) is 18.3. The van der Waals surface area contributed by atoms with Crippen LogP contribution in [-0.4, -0.2) is 58.4 Å². The standard InChI is InChI=1S/C23H29N7O2/c1-15-27-14-19(24)23(28-15)29-16-2-4-18(5-3-16)32-21-13-17(30-8-10-31-11-9-30)12-20-22(21)26-7-6-25-20/h6-7,12-14,16,18H,2-5,8-11,24H2,1H3,(H,27,28,29). The van der Waals surface area contributed by atoms with Gasteiger partial charge in [-0.1, -0.05) is 0 Å². The zero-order valence-corrected chi connectivity index (χ0v) is 18.3. The first-order chi connectivity index (χ1) is 15.7. The second kappa shape index (κ2) is 9.12. The number of nitrogens with two attached hydrogens (primary N) is 1. The van der Waals surface area contributed by atoms with Gasteiger partial charge >= 0.3 is 0 Å². The number of nitrogens with one attached hydrogen (secondary N) is 1. The molecule has 1 saturated carbocycles. The van der Waals surface area contributed by atoms with Crippen molar-refractivity contribution in [3.63, 3.8) is 0 Å². The average Bonchev–Trinajstić information content (AvgIpc) is 2.83. The minimum absolute atomic E-state index is 0.141. The SMILES string of the molecule is Cc1ncc(N)c(NC2CCC(Oc3cc(N4CCOCC4)cc4nccnc34)CC2)n1. The number of morpholine rings is 1. The second-order valence-electron chi connectivity index (χ2n) is 8.42. The fourth-order valence-electron chi connectivity index (χ4n) is 4.42. The summed E-state index contributed by atoms with van der Waals surface area (Å²) in [6.45, 7) is 5.08. The summed E-state index contributed by atoms with van der Waals surface area (Å²) in [4.78, 5) is 20.0. The molecule has 3 heterocycles. The van der Waals surface area contributed by atoms with Gasteiger partial charge in [-0.05, 0) is 38.7 Å². The Hall–Kier alpha value is -3.20. The number of benzene rings is 1. The van der Waals surface area contributed by atoms with Gasteiger partial charge in [0.15, 0.2) is 5.82 Å². The lowest BCUT2D eigenvalue weighted by atomic mass is 9.93. The highest BCUT2D eigenvalue weighted by Crippen LogP contribution is 2.33. The first-order valence-corrected chi connectivity index (χ1v) is 11.3. The molecule has 2 aromatic heterocycles. The largest absolute Gasteiger partial charge is 0.488 e. The fourth-order valence-corrected chi connectivity index (χ4v) is 4.42. The minimum Gasteiger partial charge on any atom is -0.488 e. The molecule has 2 fully saturated rings. The molecule has 3 aromatic rings. The third kappa shape index (κ3) is 4.52. The molecule has 1 saturated heterocycles. The zero-order chi connectivity index (χ0) is 21.9. The molecule has 3 N–H and O–H groups in total. The lowest BCUT2D eigenvalue weighted by molar-refractivity contribution is 0.122. The van der Waals surface area contributed by atoms with Crippen LogP contribution in [0.2, 0.25) is 0 Å². The van der Waals surface area contributed by atoms with Gasteiger partial charge in [0.05, 0.1) is 36.7 Å². The Kier molecular flexibility index (Phi) is 5.89. The van der Waals surface area contributed by atoms with Gasteiger partial charge in [0.1, 0.15) is 17.1 Å². The van der Waals surface area contributed by atoms with Gasteiger partial charge in [0.25, 0.3) is 0 Å². The van der Waals surface area contributed by atoms with E-state index in [0.717, 1.165) is 80.3 Å². The van der Waals surface area contributed by atoms with Crippen LogP contribution >= 0.6 is 0 Å². The molecule has 0 radical (unpaired) electrons. The Morgan fingerprint density at radius 2 is 1.84 bits per heavy atom. The molecule has 5 rings (SSSR count). The summed E-state index contributed by atoms with van der Waals surface area (Å²) < 4.78 is 12.0. The summed E-state index contributed by atoms with van der Waals surface area (Å²) in [5.74, 6) is 2.25. The molecular weight excluding hydrogens is 406 g/mol. The molecule has 9 nitrogen and oxygen atoms in total. The van der Waals surface area contributed by atoms with Crippen molar-refractivity contribution in [1.82, 2.24) is 19.9 Å². The lowest BCUT2D eigenvalue weighted by Crippen LogP contribution is -2.36. The molecule has 0 bridgehead atoms. The van der Waals surface area contributed by atoms with Gasteiger partial charge in [0.2, 0.25) is 0 Å². The molecule has 0 spiro atoms. The molecular formula is C23H29N7O2. The van der Waals surface area contributed by atoms with E-state index < -0.39 is 0 Å². The number of ether oxygens (including phenoxy) is 2. The van der Waals surface area contributed by atoms with E-state index in [4.69, 9.17) is 15.2 Å². The van der Waals surface area contributed by atoms with Crippen molar-refractivity contribution < 1.29 is 9.47 Å². The summed E-state index contributed by atoms with van der Waals surface area (Å²) in [5.41, 5.74) is 9.39. The summed E-state index contributed by atoms with van der Waals surface area (Å²) in [7, 11) is 0. The van der Waals surface area contributed by atoms with E-state index in [1.54, 1.807) is 18.6 Å². The van der Waals surface area contributed by atoms with Crippen LogP contribution in [0, 0.1) is 6.92 Å². The molecule has 0 atom stereocenters. The topological polar surface area (TPSA) is 111 Å². The number of hydrogen-bond donors (Lipinski definition) is 2. The van der Waals surface area contributed by atoms with Crippen LogP contribution in [0.3, 0.4) is 0 Å². The van der Waals surface area contributed by atoms with Crippen LogP contribution in [0.25, 0.3) is 11.0 Å². The van der Waals surface area contributed by atoms with Crippen LogP contribution in [0.5, 0.6) is 5.75 Å². The van der Waals surface area contributed by atoms with E-state index in [1.165, 1.54) is 0 Å². The van der Waals surface area contributed by atoms with E-state index in [9.17, 15) is 0 Å². The Bertz CT molecular complexity index is 1080. The molecule has 1 aromatic carbocycles. The fraction of sp³-hybridized carbons (Fsp3) is 0.478. The highest BCUT2D eigenvalue weighted by Gasteiger charge is 2.25. The normalized spacial score (nSPS) is 21.5. The van der Waals surface area contributed by atoms with Crippen LogP contribution in [0.4, 0.5) is 17.2 Å². The van der Waals surface area contributed by atoms with E-state index in [0.29, 0.717) is 17.6 Å². The van der Waals surface area contributed by atoms with E-state index in [1.807, 2.05) is 6.92 Å². The predicted octanol–water partition coefficient (Wildman–Crippen LogP) is 2.95. The van der Waals surface area contributed by atoms with Gasteiger partial charge < -0.3 is 25.4 Å². The van der Waals surface area contributed by atoms with Gasteiger partial charge in [0, 0.05) is 43.3 Å². The van der Waals surface area contributed by atoms with Crippen molar-refractivity contribution in [1.29, 1.82) is 0 Å². The minimum atomic E-state index is 0.141. The van der Waals surface area contributed by atoms with Gasteiger partial charge in [-0.25, -0.2) is 15.0 Å². The summed E-state index contributed by atoms with van der Waals surface area (Å²) in [5, 5.41) is 3.48. The number of rotatable bonds is 5. The molecule has 1 aliphatic carbocycles. The summed E-state index contributed by atoms with van der Waals surface area (Å²) in [6.07, 6.45) is 9.12. The smallest absolute Gasteiger partial charge is 0.153 e. The molecule has 0 unspecified atom stereocenters. The van der Waals surface area contributed by atoms with Crippen LogP contribution < -0.4 is 20.7 Å². The molecule has 168 valence electrons. The van der Waals surface area contributed by atoms with Crippen molar-refractivity contribution in [2.24, 2.45) is 0 Å². The first kappa shape index (κ1) is 20.7. The maximum absolute atomic E-state index is 6.50. The number of aryl methyl sites for hydroxylation is 1.